The summed E-state index contributed by atoms with van der Waals surface area (Å²) < 4.78 is 11.9. The van der Waals surface area contributed by atoms with Crippen LogP contribution in [-0.4, -0.2) is 64.2 Å². The molecule has 7 heteroatoms. The van der Waals surface area contributed by atoms with Gasteiger partial charge in [0, 0.05) is 42.7 Å². The van der Waals surface area contributed by atoms with E-state index >= 15 is 0 Å². The summed E-state index contributed by atoms with van der Waals surface area (Å²) in [6.45, 7) is 7.97. The van der Waals surface area contributed by atoms with Crippen molar-refractivity contribution in [3.63, 3.8) is 0 Å². The molecule has 0 saturated carbocycles. The number of likely N-dealkylation sites (tertiary alicyclic amines) is 2. The minimum Gasteiger partial charge on any atom is -0.444 e. The lowest BCUT2D eigenvalue weighted by atomic mass is 9.89. The largest absolute Gasteiger partial charge is 0.444 e. The molecule has 2 saturated heterocycles. The van der Waals surface area contributed by atoms with Crippen LogP contribution in [0.4, 0.5) is 4.79 Å². The van der Waals surface area contributed by atoms with Gasteiger partial charge in [-0.15, -0.1) is 0 Å². The van der Waals surface area contributed by atoms with Crippen molar-refractivity contribution in [1.82, 2.24) is 14.8 Å². The summed E-state index contributed by atoms with van der Waals surface area (Å²) in [6, 6.07) is 18.2. The number of carbonyl (C=O) groups excluding carboxylic acids is 2. The van der Waals surface area contributed by atoms with Gasteiger partial charge in [0.25, 0.3) is 0 Å². The Labute approximate surface area is 225 Å². The Morgan fingerprint density at radius 2 is 1.71 bits per heavy atom. The normalized spacial score (nSPS) is 20.7. The SMILES string of the molecule is CC(C)(C)OC(=O)N1CC(OCc2ccccc2)CC1CC(=O)N1CCC(c2c[nH]c3ccccc23)CC1. The third-order valence-electron chi connectivity index (χ3n) is 7.65. The van der Waals surface area contributed by atoms with Crippen LogP contribution in [0, 0.1) is 0 Å². The Kier molecular flexibility index (Phi) is 7.75. The zero-order chi connectivity index (χ0) is 26.7. The number of fused-ring (bicyclic) bond motifs is 1. The van der Waals surface area contributed by atoms with Crippen molar-refractivity contribution in [2.75, 3.05) is 19.6 Å². The number of aromatic amines is 1. The smallest absolute Gasteiger partial charge is 0.410 e. The van der Waals surface area contributed by atoms with Crippen molar-refractivity contribution >= 4 is 22.9 Å². The molecule has 2 aliphatic heterocycles. The van der Waals surface area contributed by atoms with Gasteiger partial charge in [0.15, 0.2) is 0 Å². The van der Waals surface area contributed by atoms with E-state index in [1.54, 1.807) is 4.90 Å². The predicted molar refractivity (Wildman–Crippen MR) is 148 cm³/mol. The molecule has 2 aliphatic rings. The predicted octanol–water partition coefficient (Wildman–Crippen LogP) is 5.86. The van der Waals surface area contributed by atoms with E-state index in [9.17, 15) is 9.59 Å². The Hall–Kier alpha value is -3.32. The van der Waals surface area contributed by atoms with E-state index in [2.05, 4.69) is 29.4 Å². The number of rotatable bonds is 6. The van der Waals surface area contributed by atoms with Crippen LogP contribution < -0.4 is 0 Å². The number of carbonyl (C=O) groups is 2. The van der Waals surface area contributed by atoms with Crippen molar-refractivity contribution in [1.29, 1.82) is 0 Å². The first-order chi connectivity index (χ1) is 18.3. The number of aromatic nitrogens is 1. The lowest BCUT2D eigenvalue weighted by Gasteiger charge is -2.34. The Morgan fingerprint density at radius 1 is 1.00 bits per heavy atom. The molecule has 3 aromatic rings. The molecule has 7 nitrogen and oxygen atoms in total. The number of nitrogens with one attached hydrogen (secondary N) is 1. The second-order valence-electron chi connectivity index (χ2n) is 11.6. The maximum absolute atomic E-state index is 13.4. The second-order valence-corrected chi connectivity index (χ2v) is 11.6. The number of piperidine rings is 1. The number of ether oxygens (including phenoxy) is 2. The second kappa shape index (κ2) is 11.2. The van der Waals surface area contributed by atoms with Crippen molar-refractivity contribution in [2.24, 2.45) is 0 Å². The van der Waals surface area contributed by atoms with Crippen LogP contribution in [0.3, 0.4) is 0 Å². The van der Waals surface area contributed by atoms with Crippen molar-refractivity contribution in [3.05, 3.63) is 71.9 Å². The number of para-hydroxylation sites is 1. The first kappa shape index (κ1) is 26.3. The summed E-state index contributed by atoms with van der Waals surface area (Å²) in [5.41, 5.74) is 3.00. The fourth-order valence-corrected chi connectivity index (χ4v) is 5.72. The lowest BCUT2D eigenvalue weighted by molar-refractivity contribution is -0.133. The van der Waals surface area contributed by atoms with Crippen LogP contribution in [0.2, 0.25) is 0 Å². The highest BCUT2D eigenvalue weighted by Crippen LogP contribution is 2.34. The van der Waals surface area contributed by atoms with Crippen molar-refractivity contribution in [2.45, 2.75) is 76.7 Å². The molecular formula is C31H39N3O4. The molecule has 38 heavy (non-hydrogen) atoms. The van der Waals surface area contributed by atoms with E-state index in [4.69, 9.17) is 9.47 Å². The van der Waals surface area contributed by atoms with Crippen LogP contribution >= 0.6 is 0 Å². The van der Waals surface area contributed by atoms with Crippen LogP contribution in [0.1, 0.15) is 63.5 Å². The Morgan fingerprint density at radius 3 is 2.45 bits per heavy atom. The van der Waals surface area contributed by atoms with Gasteiger partial charge < -0.3 is 24.3 Å². The Bertz CT molecular complexity index is 1240. The summed E-state index contributed by atoms with van der Waals surface area (Å²) in [4.78, 5) is 33.5. The van der Waals surface area contributed by atoms with Gasteiger partial charge in [0.05, 0.1) is 19.3 Å². The molecule has 1 aromatic heterocycles. The van der Waals surface area contributed by atoms with Crippen LogP contribution in [0.25, 0.3) is 10.9 Å². The minimum atomic E-state index is -0.598. The summed E-state index contributed by atoms with van der Waals surface area (Å²) in [5.74, 6) is 0.542. The van der Waals surface area contributed by atoms with Crippen LogP contribution in [0.15, 0.2) is 60.8 Å². The molecule has 2 aromatic carbocycles. The average molecular weight is 518 g/mol. The Balaban J connectivity index is 1.20. The third kappa shape index (κ3) is 6.21. The molecule has 0 spiro atoms. The molecule has 3 heterocycles. The van der Waals surface area contributed by atoms with Crippen LogP contribution in [-0.2, 0) is 20.9 Å². The van der Waals surface area contributed by atoms with E-state index in [-0.39, 0.29) is 24.1 Å². The van der Waals surface area contributed by atoms with E-state index in [0.717, 1.165) is 37.0 Å². The molecular weight excluding hydrogens is 478 g/mol. The quantitative estimate of drug-likeness (QED) is 0.445. The molecule has 2 atom stereocenters. The zero-order valence-electron chi connectivity index (χ0n) is 22.7. The number of benzene rings is 2. The summed E-state index contributed by atoms with van der Waals surface area (Å²) in [7, 11) is 0. The number of hydrogen-bond donors (Lipinski definition) is 1. The topological polar surface area (TPSA) is 74.9 Å². The zero-order valence-corrected chi connectivity index (χ0v) is 22.7. The van der Waals surface area contributed by atoms with E-state index in [1.165, 1.54) is 10.9 Å². The lowest BCUT2D eigenvalue weighted by Crippen LogP contribution is -2.44. The highest BCUT2D eigenvalue weighted by Gasteiger charge is 2.40. The fraction of sp³-hybridized carbons (Fsp3) is 0.484. The molecule has 0 aliphatic carbocycles. The van der Waals surface area contributed by atoms with Gasteiger partial charge in [0.2, 0.25) is 5.91 Å². The van der Waals surface area contributed by atoms with Gasteiger partial charge in [-0.1, -0.05) is 48.5 Å². The molecule has 1 N–H and O–H groups in total. The number of amides is 2. The first-order valence-electron chi connectivity index (χ1n) is 13.8. The third-order valence-corrected chi connectivity index (χ3v) is 7.65. The standard InChI is InChI=1S/C31H39N3O4/c1-31(2,3)38-30(36)34-20-25(37-21-22-9-5-4-6-10-22)17-24(34)18-29(35)33-15-13-23(14-16-33)27-19-32-28-12-8-7-11-26(27)28/h4-12,19,23-25,32H,13-18,20-21H2,1-3H3. The highest BCUT2D eigenvalue weighted by atomic mass is 16.6. The van der Waals surface area contributed by atoms with Crippen molar-refractivity contribution < 1.29 is 19.1 Å². The van der Waals surface area contributed by atoms with Crippen LogP contribution in [0.5, 0.6) is 0 Å². The molecule has 2 amide bonds. The number of nitrogens with zero attached hydrogens (tertiary/aromatic N) is 2. The molecule has 0 radical (unpaired) electrons. The van der Waals surface area contributed by atoms with Gasteiger partial charge in [0.1, 0.15) is 5.60 Å². The van der Waals surface area contributed by atoms with Crippen molar-refractivity contribution in [3.8, 4) is 0 Å². The fourth-order valence-electron chi connectivity index (χ4n) is 5.72. The summed E-state index contributed by atoms with van der Waals surface area (Å²) in [6.07, 6.45) is 4.42. The van der Waals surface area contributed by atoms with E-state index in [1.807, 2.05) is 62.1 Å². The van der Waals surface area contributed by atoms with Gasteiger partial charge in [-0.25, -0.2) is 4.79 Å². The highest BCUT2D eigenvalue weighted by molar-refractivity contribution is 5.84. The van der Waals surface area contributed by atoms with E-state index in [0.29, 0.717) is 31.9 Å². The van der Waals surface area contributed by atoms with Gasteiger partial charge in [-0.3, -0.25) is 4.79 Å². The van der Waals surface area contributed by atoms with E-state index < -0.39 is 5.60 Å². The molecule has 0 bridgehead atoms. The minimum absolute atomic E-state index is 0.102. The van der Waals surface area contributed by atoms with Gasteiger partial charge in [-0.05, 0) is 63.1 Å². The first-order valence-corrected chi connectivity index (χ1v) is 13.8. The monoisotopic (exact) mass is 517 g/mol. The molecule has 2 unspecified atom stereocenters. The molecule has 5 rings (SSSR count). The maximum Gasteiger partial charge on any atom is 0.410 e. The molecule has 202 valence electrons. The number of H-pyrrole nitrogens is 1. The summed E-state index contributed by atoms with van der Waals surface area (Å²) in [5, 5.41) is 1.28. The van der Waals surface area contributed by atoms with Gasteiger partial charge >= 0.3 is 6.09 Å². The molecule has 2 fully saturated rings. The summed E-state index contributed by atoms with van der Waals surface area (Å²) >= 11 is 0. The van der Waals surface area contributed by atoms with Gasteiger partial charge in [-0.2, -0.15) is 0 Å². The number of hydrogen-bond acceptors (Lipinski definition) is 4. The maximum atomic E-state index is 13.4. The average Bonchev–Trinajstić information content (AvgIpc) is 3.51.